The van der Waals surface area contributed by atoms with Gasteiger partial charge in [-0.3, -0.25) is 4.79 Å². The van der Waals surface area contributed by atoms with Crippen LogP contribution < -0.4 is 14.8 Å². The summed E-state index contributed by atoms with van der Waals surface area (Å²) in [4.78, 5) is 27.4. The highest BCUT2D eigenvalue weighted by atomic mass is 16.5. The van der Waals surface area contributed by atoms with Crippen molar-refractivity contribution >= 4 is 16.8 Å². The Morgan fingerprint density at radius 2 is 1.83 bits per heavy atom. The Morgan fingerprint density at radius 1 is 1.12 bits per heavy atom. The summed E-state index contributed by atoms with van der Waals surface area (Å²) in [6.45, 7) is 0.163. The van der Waals surface area contributed by atoms with E-state index in [1.807, 2.05) is 30.5 Å². The van der Waals surface area contributed by atoms with E-state index in [1.165, 1.54) is 14.2 Å². The molecule has 1 amide bonds. The molecule has 3 aromatic rings. The van der Waals surface area contributed by atoms with Crippen molar-refractivity contribution in [1.82, 2.24) is 25.3 Å². The lowest BCUT2D eigenvalue weighted by molar-refractivity contribution is -0.120. The summed E-state index contributed by atoms with van der Waals surface area (Å²) in [7, 11) is 2.91. The molecule has 2 aromatic heterocycles. The van der Waals surface area contributed by atoms with Gasteiger partial charge in [0.15, 0.2) is 5.82 Å². The van der Waals surface area contributed by atoms with E-state index in [4.69, 9.17) is 9.47 Å². The summed E-state index contributed by atoms with van der Waals surface area (Å²) < 4.78 is 9.96. The highest BCUT2D eigenvalue weighted by Gasteiger charge is 2.11. The molecule has 24 heavy (non-hydrogen) atoms. The number of rotatable bonds is 6. The summed E-state index contributed by atoms with van der Waals surface area (Å²) in [5, 5.41) is 3.83. The van der Waals surface area contributed by atoms with Gasteiger partial charge in [-0.05, 0) is 11.6 Å². The van der Waals surface area contributed by atoms with E-state index in [0.717, 1.165) is 16.5 Å². The lowest BCUT2D eigenvalue weighted by Crippen LogP contribution is -2.25. The second-order valence-electron chi connectivity index (χ2n) is 5.04. The van der Waals surface area contributed by atoms with Gasteiger partial charge in [-0.1, -0.05) is 18.2 Å². The van der Waals surface area contributed by atoms with Gasteiger partial charge >= 0.3 is 12.0 Å². The van der Waals surface area contributed by atoms with Crippen LogP contribution in [0.3, 0.4) is 0 Å². The van der Waals surface area contributed by atoms with E-state index in [-0.39, 0.29) is 30.9 Å². The number of aromatic amines is 1. The topological polar surface area (TPSA) is 102 Å². The molecular weight excluding hydrogens is 310 g/mol. The largest absolute Gasteiger partial charge is 0.467 e. The van der Waals surface area contributed by atoms with E-state index in [1.54, 1.807) is 0 Å². The number of hydrogen-bond donors (Lipinski definition) is 2. The third-order valence-electron chi connectivity index (χ3n) is 3.48. The normalized spacial score (nSPS) is 10.6. The third kappa shape index (κ3) is 3.43. The maximum Gasteiger partial charge on any atom is 0.322 e. The molecule has 2 heterocycles. The Balaban J connectivity index is 1.65. The van der Waals surface area contributed by atoms with Gasteiger partial charge in [0.1, 0.15) is 0 Å². The number of aromatic nitrogens is 4. The SMILES string of the molecule is COc1nc(CNC(=O)Cc2c[nH]c3ccccc23)nc(OC)n1. The van der Waals surface area contributed by atoms with Crippen LogP contribution in [0.15, 0.2) is 30.5 Å². The van der Waals surface area contributed by atoms with Crippen molar-refractivity contribution in [2.45, 2.75) is 13.0 Å². The van der Waals surface area contributed by atoms with Crippen LogP contribution in [0.2, 0.25) is 0 Å². The molecule has 0 aliphatic rings. The van der Waals surface area contributed by atoms with Crippen LogP contribution >= 0.6 is 0 Å². The first-order valence-electron chi connectivity index (χ1n) is 7.34. The second-order valence-corrected chi connectivity index (χ2v) is 5.04. The molecule has 1 aromatic carbocycles. The fourth-order valence-corrected chi connectivity index (χ4v) is 2.33. The number of para-hydroxylation sites is 1. The zero-order chi connectivity index (χ0) is 16.9. The number of methoxy groups -OCH3 is 2. The molecule has 0 atom stereocenters. The predicted molar refractivity (Wildman–Crippen MR) is 86.8 cm³/mol. The van der Waals surface area contributed by atoms with Gasteiger partial charge in [0.25, 0.3) is 0 Å². The molecule has 3 rings (SSSR count). The first-order chi connectivity index (χ1) is 11.7. The van der Waals surface area contributed by atoms with Gasteiger partial charge in [0, 0.05) is 17.1 Å². The minimum atomic E-state index is -0.127. The van der Waals surface area contributed by atoms with Crippen molar-refractivity contribution in [3.63, 3.8) is 0 Å². The van der Waals surface area contributed by atoms with Gasteiger partial charge in [-0.2, -0.15) is 9.97 Å². The molecule has 0 aliphatic heterocycles. The minimum Gasteiger partial charge on any atom is -0.467 e. The molecular formula is C16H17N5O3. The van der Waals surface area contributed by atoms with Crippen molar-refractivity contribution < 1.29 is 14.3 Å². The number of carbonyl (C=O) groups is 1. The average Bonchev–Trinajstić information content (AvgIpc) is 3.02. The molecule has 0 fully saturated rings. The summed E-state index contributed by atoms with van der Waals surface area (Å²) >= 11 is 0. The number of carbonyl (C=O) groups excluding carboxylic acids is 1. The smallest absolute Gasteiger partial charge is 0.322 e. The summed E-state index contributed by atoms with van der Waals surface area (Å²) in [6.07, 6.45) is 2.11. The van der Waals surface area contributed by atoms with Crippen molar-refractivity contribution in [2.75, 3.05) is 14.2 Å². The number of benzene rings is 1. The van der Waals surface area contributed by atoms with E-state index in [9.17, 15) is 4.79 Å². The van der Waals surface area contributed by atoms with Crippen molar-refractivity contribution in [1.29, 1.82) is 0 Å². The van der Waals surface area contributed by atoms with Crippen LogP contribution in [0.25, 0.3) is 10.9 Å². The molecule has 0 saturated heterocycles. The van der Waals surface area contributed by atoms with Gasteiger partial charge in [0.2, 0.25) is 5.91 Å². The van der Waals surface area contributed by atoms with Crippen LogP contribution in [0.1, 0.15) is 11.4 Å². The number of fused-ring (bicyclic) bond motifs is 1. The van der Waals surface area contributed by atoms with Gasteiger partial charge in [0.05, 0.1) is 27.2 Å². The number of amides is 1. The molecule has 8 heteroatoms. The lowest BCUT2D eigenvalue weighted by Gasteiger charge is -2.06. The molecule has 0 bridgehead atoms. The van der Waals surface area contributed by atoms with Crippen LogP contribution in [0.5, 0.6) is 12.0 Å². The van der Waals surface area contributed by atoms with Gasteiger partial charge in [-0.15, -0.1) is 4.98 Å². The maximum atomic E-state index is 12.2. The second kappa shape index (κ2) is 6.95. The number of nitrogens with one attached hydrogen (secondary N) is 2. The van der Waals surface area contributed by atoms with Gasteiger partial charge in [-0.25, -0.2) is 0 Å². The van der Waals surface area contributed by atoms with Gasteiger partial charge < -0.3 is 19.8 Å². The number of ether oxygens (including phenoxy) is 2. The number of hydrogen-bond acceptors (Lipinski definition) is 6. The summed E-state index contributed by atoms with van der Waals surface area (Å²) in [5.41, 5.74) is 1.95. The summed E-state index contributed by atoms with van der Waals surface area (Å²) in [5.74, 6) is 0.240. The van der Waals surface area contributed by atoms with Crippen molar-refractivity contribution in [2.24, 2.45) is 0 Å². The number of H-pyrrole nitrogens is 1. The molecule has 0 radical (unpaired) electrons. The molecule has 124 valence electrons. The van der Waals surface area contributed by atoms with Crippen LogP contribution in [-0.2, 0) is 17.8 Å². The Hall–Kier alpha value is -3.16. The zero-order valence-corrected chi connectivity index (χ0v) is 13.4. The molecule has 0 saturated carbocycles. The first kappa shape index (κ1) is 15.7. The highest BCUT2D eigenvalue weighted by Crippen LogP contribution is 2.18. The standard InChI is InChI=1S/C16H17N5O3/c1-23-15-19-13(20-16(21-15)24-2)9-18-14(22)7-10-8-17-12-6-4-3-5-11(10)12/h3-6,8,17H,7,9H2,1-2H3,(H,18,22). The van der Waals surface area contributed by atoms with Crippen molar-refractivity contribution in [3.8, 4) is 12.0 Å². The maximum absolute atomic E-state index is 12.2. The van der Waals surface area contributed by atoms with E-state index >= 15 is 0 Å². The fourth-order valence-electron chi connectivity index (χ4n) is 2.33. The average molecular weight is 327 g/mol. The molecule has 0 unspecified atom stereocenters. The minimum absolute atomic E-state index is 0.127. The van der Waals surface area contributed by atoms with Crippen LogP contribution in [0.4, 0.5) is 0 Å². The van der Waals surface area contributed by atoms with E-state index in [2.05, 4.69) is 25.3 Å². The molecule has 0 aliphatic carbocycles. The Labute approximate surface area is 138 Å². The number of nitrogens with zero attached hydrogens (tertiary/aromatic N) is 3. The van der Waals surface area contributed by atoms with Crippen molar-refractivity contribution in [3.05, 3.63) is 41.9 Å². The fraction of sp³-hybridized carbons (Fsp3) is 0.250. The Morgan fingerprint density at radius 3 is 2.54 bits per heavy atom. The summed E-state index contributed by atoms with van der Waals surface area (Å²) in [6, 6.07) is 8.13. The Kier molecular flexibility index (Phi) is 4.55. The molecule has 2 N–H and O–H groups in total. The molecule has 0 spiro atoms. The zero-order valence-electron chi connectivity index (χ0n) is 13.4. The Bertz CT molecular complexity index is 840. The quantitative estimate of drug-likeness (QED) is 0.706. The highest BCUT2D eigenvalue weighted by molar-refractivity contribution is 5.88. The van der Waals surface area contributed by atoms with E-state index in [0.29, 0.717) is 5.82 Å². The van der Waals surface area contributed by atoms with E-state index < -0.39 is 0 Å². The first-order valence-corrected chi connectivity index (χ1v) is 7.34. The monoisotopic (exact) mass is 327 g/mol. The third-order valence-corrected chi connectivity index (χ3v) is 3.48. The molecule has 8 nitrogen and oxygen atoms in total. The lowest BCUT2D eigenvalue weighted by atomic mass is 10.1. The van der Waals surface area contributed by atoms with Crippen LogP contribution in [-0.4, -0.2) is 40.1 Å². The van der Waals surface area contributed by atoms with Crippen LogP contribution in [0, 0.1) is 0 Å². The predicted octanol–water partition coefficient (Wildman–Crippen LogP) is 1.23.